The zero-order valence-electron chi connectivity index (χ0n) is 13.3. The first-order valence-electron chi connectivity index (χ1n) is 7.51. The van der Waals surface area contributed by atoms with Gasteiger partial charge in [0.05, 0.1) is 0 Å². The van der Waals surface area contributed by atoms with E-state index in [4.69, 9.17) is 0 Å². The van der Waals surface area contributed by atoms with Crippen molar-refractivity contribution in [3.8, 4) is 0 Å². The van der Waals surface area contributed by atoms with Gasteiger partial charge in [-0.2, -0.15) is 0 Å². The summed E-state index contributed by atoms with van der Waals surface area (Å²) < 4.78 is 0. The fourth-order valence-electron chi connectivity index (χ4n) is 2.50. The molecule has 0 aromatic carbocycles. The summed E-state index contributed by atoms with van der Waals surface area (Å²) in [4.78, 5) is 2.49. The highest BCUT2D eigenvalue weighted by molar-refractivity contribution is 4.67. The van der Waals surface area contributed by atoms with Crippen molar-refractivity contribution in [2.45, 2.75) is 60.8 Å². The van der Waals surface area contributed by atoms with Crippen LogP contribution in [0.3, 0.4) is 0 Å². The Balaban J connectivity index is 3.76. The largest absolute Gasteiger partial charge is 0.306 e. The second-order valence-electron chi connectivity index (χ2n) is 6.89. The average Bonchev–Trinajstić information content (AvgIpc) is 2.15. The van der Waals surface area contributed by atoms with E-state index in [1.165, 1.54) is 32.4 Å². The van der Waals surface area contributed by atoms with Crippen LogP contribution in [0.2, 0.25) is 0 Å². The number of nitrogens with zero attached hydrogens (tertiary/aromatic N) is 1. The van der Waals surface area contributed by atoms with Crippen LogP contribution < -0.4 is 0 Å². The van der Waals surface area contributed by atoms with E-state index in [0.717, 1.165) is 23.7 Å². The Bertz CT molecular complexity index is 174. The van der Waals surface area contributed by atoms with Crippen LogP contribution in [0.1, 0.15) is 60.8 Å². The molecule has 1 nitrogen and oxygen atoms in total. The van der Waals surface area contributed by atoms with E-state index >= 15 is 0 Å². The predicted octanol–water partition coefficient (Wildman–Crippen LogP) is 4.67. The van der Waals surface area contributed by atoms with E-state index in [0.29, 0.717) is 0 Å². The summed E-state index contributed by atoms with van der Waals surface area (Å²) >= 11 is 0. The van der Waals surface area contributed by atoms with Gasteiger partial charge in [0.2, 0.25) is 0 Å². The average molecular weight is 241 g/mol. The van der Waals surface area contributed by atoms with Crippen molar-refractivity contribution in [1.29, 1.82) is 0 Å². The lowest BCUT2D eigenvalue weighted by Crippen LogP contribution is -2.30. The minimum atomic E-state index is 0.781. The highest BCUT2D eigenvalue weighted by atomic mass is 15.1. The maximum atomic E-state index is 2.49. The highest BCUT2D eigenvalue weighted by Gasteiger charge is 2.14. The van der Waals surface area contributed by atoms with Crippen molar-refractivity contribution in [3.05, 3.63) is 0 Å². The minimum Gasteiger partial charge on any atom is -0.306 e. The van der Waals surface area contributed by atoms with Crippen molar-refractivity contribution in [2.75, 3.05) is 20.1 Å². The summed E-state index contributed by atoms with van der Waals surface area (Å²) in [6.07, 6.45) is 4.19. The minimum absolute atomic E-state index is 0.781. The molecule has 0 aromatic rings. The van der Waals surface area contributed by atoms with Gasteiger partial charge in [0.15, 0.2) is 0 Å². The lowest BCUT2D eigenvalue weighted by molar-refractivity contribution is 0.214. The van der Waals surface area contributed by atoms with E-state index < -0.39 is 0 Å². The van der Waals surface area contributed by atoms with Crippen molar-refractivity contribution < 1.29 is 0 Å². The van der Waals surface area contributed by atoms with E-state index in [1.807, 2.05) is 0 Å². The molecule has 0 aromatic heterocycles. The number of hydrogen-bond acceptors (Lipinski definition) is 1. The predicted molar refractivity (Wildman–Crippen MR) is 79.4 cm³/mol. The fraction of sp³-hybridized carbons (Fsp3) is 1.00. The van der Waals surface area contributed by atoms with Crippen LogP contribution in [-0.2, 0) is 0 Å². The normalized spacial score (nSPS) is 15.9. The molecule has 17 heavy (non-hydrogen) atoms. The Kier molecular flexibility index (Phi) is 8.94. The first-order valence-corrected chi connectivity index (χ1v) is 7.51. The first kappa shape index (κ1) is 17.0. The van der Waals surface area contributed by atoms with Crippen LogP contribution in [0.25, 0.3) is 0 Å². The SMILES string of the molecule is CC(C)CCCC(C)C(C)CN(C)CC(C)C. The fourth-order valence-corrected chi connectivity index (χ4v) is 2.50. The molecular formula is C16H35N. The topological polar surface area (TPSA) is 3.24 Å². The van der Waals surface area contributed by atoms with E-state index in [1.54, 1.807) is 0 Å². The Morgan fingerprint density at radius 1 is 0.706 bits per heavy atom. The standard InChI is InChI=1S/C16H35N/c1-13(2)9-8-10-15(5)16(6)12-17(7)11-14(3)4/h13-16H,8-12H2,1-7H3. The maximum Gasteiger partial charge on any atom is 0.000662 e. The molecular weight excluding hydrogens is 206 g/mol. The van der Waals surface area contributed by atoms with Crippen molar-refractivity contribution in [1.82, 2.24) is 4.90 Å². The van der Waals surface area contributed by atoms with Gasteiger partial charge in [-0.3, -0.25) is 0 Å². The smallest absolute Gasteiger partial charge is 0.000662 e. The van der Waals surface area contributed by atoms with E-state index in [9.17, 15) is 0 Å². The molecule has 2 atom stereocenters. The molecule has 0 bridgehead atoms. The first-order chi connectivity index (χ1) is 7.82. The van der Waals surface area contributed by atoms with Crippen LogP contribution in [0.4, 0.5) is 0 Å². The number of hydrogen-bond donors (Lipinski definition) is 0. The molecule has 2 unspecified atom stereocenters. The van der Waals surface area contributed by atoms with Gasteiger partial charge < -0.3 is 4.90 Å². The molecule has 0 fully saturated rings. The van der Waals surface area contributed by atoms with Crippen LogP contribution in [0.15, 0.2) is 0 Å². The van der Waals surface area contributed by atoms with Gasteiger partial charge in [0.1, 0.15) is 0 Å². The van der Waals surface area contributed by atoms with Gasteiger partial charge in [-0.25, -0.2) is 0 Å². The zero-order chi connectivity index (χ0) is 13.4. The van der Waals surface area contributed by atoms with Gasteiger partial charge in [-0.1, -0.05) is 60.8 Å². The summed E-state index contributed by atoms with van der Waals surface area (Å²) in [5.41, 5.74) is 0. The van der Waals surface area contributed by atoms with Crippen molar-refractivity contribution in [3.63, 3.8) is 0 Å². The Morgan fingerprint density at radius 3 is 1.76 bits per heavy atom. The molecule has 0 aliphatic carbocycles. The third-order valence-electron chi connectivity index (χ3n) is 3.69. The van der Waals surface area contributed by atoms with E-state index in [2.05, 4.69) is 53.5 Å². The van der Waals surface area contributed by atoms with Crippen LogP contribution in [-0.4, -0.2) is 25.0 Å². The van der Waals surface area contributed by atoms with E-state index in [-0.39, 0.29) is 0 Å². The van der Waals surface area contributed by atoms with Crippen LogP contribution in [0.5, 0.6) is 0 Å². The molecule has 0 radical (unpaired) electrons. The third kappa shape index (κ3) is 9.64. The third-order valence-corrected chi connectivity index (χ3v) is 3.69. The van der Waals surface area contributed by atoms with Gasteiger partial charge in [0, 0.05) is 13.1 Å². The molecule has 0 spiro atoms. The molecule has 0 N–H and O–H groups in total. The lowest BCUT2D eigenvalue weighted by atomic mass is 9.89. The zero-order valence-corrected chi connectivity index (χ0v) is 13.3. The molecule has 0 amide bonds. The van der Waals surface area contributed by atoms with Crippen molar-refractivity contribution in [2.24, 2.45) is 23.7 Å². The summed E-state index contributed by atoms with van der Waals surface area (Å²) in [7, 11) is 2.26. The molecule has 0 saturated heterocycles. The molecule has 0 saturated carbocycles. The second-order valence-corrected chi connectivity index (χ2v) is 6.89. The maximum absolute atomic E-state index is 2.49. The molecule has 104 valence electrons. The molecule has 0 aliphatic heterocycles. The summed E-state index contributed by atoms with van der Waals surface area (Å²) in [6.45, 7) is 16.6. The van der Waals surface area contributed by atoms with Gasteiger partial charge in [-0.05, 0) is 30.7 Å². The number of rotatable bonds is 9. The molecule has 0 rings (SSSR count). The molecule has 1 heteroatoms. The molecule has 0 aliphatic rings. The summed E-state index contributed by atoms with van der Waals surface area (Å²) in [5.74, 6) is 3.33. The second kappa shape index (κ2) is 8.97. The van der Waals surface area contributed by atoms with Gasteiger partial charge in [-0.15, -0.1) is 0 Å². The lowest BCUT2D eigenvalue weighted by Gasteiger charge is -2.27. The Labute approximate surface area is 110 Å². The summed E-state index contributed by atoms with van der Waals surface area (Å²) in [6, 6.07) is 0. The highest BCUT2D eigenvalue weighted by Crippen LogP contribution is 2.20. The molecule has 0 heterocycles. The summed E-state index contributed by atoms with van der Waals surface area (Å²) in [5, 5.41) is 0. The van der Waals surface area contributed by atoms with Gasteiger partial charge in [0.25, 0.3) is 0 Å². The van der Waals surface area contributed by atoms with Gasteiger partial charge >= 0.3 is 0 Å². The van der Waals surface area contributed by atoms with Crippen LogP contribution in [0, 0.1) is 23.7 Å². The quantitative estimate of drug-likeness (QED) is 0.567. The monoisotopic (exact) mass is 241 g/mol. The Morgan fingerprint density at radius 2 is 1.29 bits per heavy atom. The van der Waals surface area contributed by atoms with Crippen molar-refractivity contribution >= 4 is 0 Å². The Hall–Kier alpha value is -0.0400. The van der Waals surface area contributed by atoms with Crippen LogP contribution >= 0.6 is 0 Å².